The second kappa shape index (κ2) is 7.32. The molecule has 1 aromatic heterocycles. The Kier molecular flexibility index (Phi) is 4.71. The van der Waals surface area contributed by atoms with Crippen molar-refractivity contribution in [2.75, 3.05) is 24.0 Å². The molecule has 0 spiro atoms. The third kappa shape index (κ3) is 2.97. The monoisotopic (exact) mass is 390 g/mol. The van der Waals surface area contributed by atoms with Gasteiger partial charge in [-0.3, -0.25) is 9.59 Å². The summed E-state index contributed by atoms with van der Waals surface area (Å²) >= 11 is 1.44. The molecule has 0 unspecified atom stereocenters. The van der Waals surface area contributed by atoms with Crippen LogP contribution in [-0.2, 0) is 9.59 Å². The molecule has 0 aliphatic carbocycles. The minimum absolute atomic E-state index is 0.324. The number of thiophene rings is 1. The number of rotatable bonds is 5. The number of ether oxygens (including phenoxy) is 1. The van der Waals surface area contributed by atoms with Crippen LogP contribution >= 0.6 is 11.3 Å². The van der Waals surface area contributed by atoms with Gasteiger partial charge in [0, 0.05) is 17.6 Å². The Morgan fingerprint density at radius 3 is 2.21 bits per heavy atom. The highest BCUT2D eigenvalue weighted by atomic mass is 32.1. The van der Waals surface area contributed by atoms with Crippen molar-refractivity contribution in [1.29, 1.82) is 0 Å². The van der Waals surface area contributed by atoms with E-state index in [-0.39, 0.29) is 11.8 Å². The van der Waals surface area contributed by atoms with E-state index in [1.807, 2.05) is 47.8 Å². The summed E-state index contributed by atoms with van der Waals surface area (Å²) in [6.45, 7) is 0. The summed E-state index contributed by atoms with van der Waals surface area (Å²) < 4.78 is 5.18. The van der Waals surface area contributed by atoms with Crippen molar-refractivity contribution in [3.63, 3.8) is 0 Å². The smallest absolute Gasteiger partial charge is 0.282 e. The highest BCUT2D eigenvalue weighted by molar-refractivity contribution is 7.11. The minimum Gasteiger partial charge on any atom is -0.497 e. The summed E-state index contributed by atoms with van der Waals surface area (Å²) in [5, 5.41) is 1.90. The van der Waals surface area contributed by atoms with Gasteiger partial charge in [0.1, 0.15) is 11.4 Å². The van der Waals surface area contributed by atoms with E-state index < -0.39 is 0 Å². The number of nitrogens with zero attached hydrogens (tertiary/aromatic N) is 2. The Hall–Kier alpha value is -3.38. The number of anilines is 2. The molecule has 0 saturated carbocycles. The van der Waals surface area contributed by atoms with Crippen LogP contribution in [0.2, 0.25) is 0 Å². The number of imide groups is 1. The molecule has 6 heteroatoms. The van der Waals surface area contributed by atoms with Crippen molar-refractivity contribution in [3.8, 4) is 5.75 Å². The number of carbonyl (C=O) groups excluding carboxylic acids is 2. The van der Waals surface area contributed by atoms with Crippen LogP contribution in [0.5, 0.6) is 5.75 Å². The molecular formula is C22H18N2O3S. The van der Waals surface area contributed by atoms with E-state index in [4.69, 9.17) is 4.74 Å². The van der Waals surface area contributed by atoms with Crippen molar-refractivity contribution >= 4 is 40.1 Å². The second-order valence-electron chi connectivity index (χ2n) is 6.24. The number of para-hydroxylation sites is 1. The normalized spacial score (nSPS) is 14.0. The summed E-state index contributed by atoms with van der Waals surface area (Å²) in [6, 6.07) is 20.2. The zero-order valence-electron chi connectivity index (χ0n) is 15.5. The van der Waals surface area contributed by atoms with Gasteiger partial charge in [0.2, 0.25) is 0 Å². The summed E-state index contributed by atoms with van der Waals surface area (Å²) in [5.74, 6) is -0.00349. The quantitative estimate of drug-likeness (QED) is 0.614. The molecule has 1 aliphatic rings. The van der Waals surface area contributed by atoms with Crippen molar-refractivity contribution in [3.05, 3.63) is 82.7 Å². The van der Waals surface area contributed by atoms with Gasteiger partial charge < -0.3 is 9.64 Å². The molecule has 0 radical (unpaired) electrons. The molecule has 0 fully saturated rings. The fourth-order valence-electron chi connectivity index (χ4n) is 3.22. The minimum atomic E-state index is -0.343. The maximum Gasteiger partial charge on any atom is 0.282 e. The predicted octanol–water partition coefficient (Wildman–Crippen LogP) is 4.18. The van der Waals surface area contributed by atoms with Crippen LogP contribution in [0.15, 0.2) is 77.8 Å². The summed E-state index contributed by atoms with van der Waals surface area (Å²) in [6.07, 6.45) is 0. The molecule has 2 amide bonds. The summed E-state index contributed by atoms with van der Waals surface area (Å²) in [4.78, 5) is 30.5. The lowest BCUT2D eigenvalue weighted by Crippen LogP contribution is -2.34. The standard InChI is InChI=1S/C22H18N2O3S/c1-23(15-7-4-3-5-8-15)20-19(18-9-6-14-28-18)21(25)24(22(20)26)16-10-12-17(27-2)13-11-16/h3-14H,1-2H3. The maximum atomic E-state index is 13.4. The van der Waals surface area contributed by atoms with E-state index in [2.05, 4.69) is 0 Å². The predicted molar refractivity (Wildman–Crippen MR) is 112 cm³/mol. The summed E-state index contributed by atoms with van der Waals surface area (Å²) in [5.41, 5.74) is 2.14. The first-order chi connectivity index (χ1) is 13.6. The number of amides is 2. The lowest BCUT2D eigenvalue weighted by atomic mass is 10.1. The van der Waals surface area contributed by atoms with Crippen molar-refractivity contribution in [1.82, 2.24) is 0 Å². The Morgan fingerprint density at radius 2 is 1.61 bits per heavy atom. The molecule has 5 nitrogen and oxygen atoms in total. The van der Waals surface area contributed by atoms with Gasteiger partial charge in [-0.15, -0.1) is 11.3 Å². The highest BCUT2D eigenvalue weighted by Gasteiger charge is 2.42. The largest absolute Gasteiger partial charge is 0.497 e. The van der Waals surface area contributed by atoms with E-state index in [0.29, 0.717) is 22.7 Å². The fraction of sp³-hybridized carbons (Fsp3) is 0.0909. The van der Waals surface area contributed by atoms with E-state index in [1.54, 1.807) is 43.3 Å². The molecule has 2 heterocycles. The molecule has 0 atom stereocenters. The highest BCUT2D eigenvalue weighted by Crippen LogP contribution is 2.37. The molecule has 4 rings (SSSR count). The number of methoxy groups -OCH3 is 1. The van der Waals surface area contributed by atoms with Gasteiger partial charge in [-0.1, -0.05) is 24.3 Å². The number of hydrogen-bond donors (Lipinski definition) is 0. The topological polar surface area (TPSA) is 49.9 Å². The van der Waals surface area contributed by atoms with Crippen molar-refractivity contribution in [2.45, 2.75) is 0 Å². The van der Waals surface area contributed by atoms with Gasteiger partial charge in [-0.2, -0.15) is 0 Å². The third-order valence-electron chi connectivity index (χ3n) is 4.64. The molecule has 0 bridgehead atoms. The molecule has 0 saturated heterocycles. The van der Waals surface area contributed by atoms with Crippen LogP contribution in [0.4, 0.5) is 11.4 Å². The molecule has 2 aromatic carbocycles. The van der Waals surface area contributed by atoms with Gasteiger partial charge in [-0.25, -0.2) is 4.90 Å². The first kappa shape index (κ1) is 18.0. The van der Waals surface area contributed by atoms with Gasteiger partial charge in [0.25, 0.3) is 11.8 Å². The van der Waals surface area contributed by atoms with E-state index in [9.17, 15) is 9.59 Å². The van der Waals surface area contributed by atoms with Crippen molar-refractivity contribution in [2.24, 2.45) is 0 Å². The zero-order chi connectivity index (χ0) is 19.7. The van der Waals surface area contributed by atoms with Crippen LogP contribution in [0.3, 0.4) is 0 Å². The Labute approximate surface area is 167 Å². The number of hydrogen-bond acceptors (Lipinski definition) is 5. The van der Waals surface area contributed by atoms with Gasteiger partial charge in [0.05, 0.1) is 18.4 Å². The van der Waals surface area contributed by atoms with Crippen LogP contribution in [0, 0.1) is 0 Å². The first-order valence-corrected chi connectivity index (χ1v) is 9.59. The SMILES string of the molecule is COc1ccc(N2C(=O)C(c3cccs3)=C(N(C)c3ccccc3)C2=O)cc1. The van der Waals surface area contributed by atoms with Gasteiger partial charge >= 0.3 is 0 Å². The molecule has 140 valence electrons. The Balaban J connectivity index is 1.82. The fourth-order valence-corrected chi connectivity index (χ4v) is 3.98. The molecule has 28 heavy (non-hydrogen) atoms. The second-order valence-corrected chi connectivity index (χ2v) is 7.19. The lowest BCUT2D eigenvalue weighted by molar-refractivity contribution is -0.120. The molecule has 3 aromatic rings. The van der Waals surface area contributed by atoms with Crippen LogP contribution < -0.4 is 14.5 Å². The van der Waals surface area contributed by atoms with E-state index in [1.165, 1.54) is 16.2 Å². The van der Waals surface area contributed by atoms with Crippen LogP contribution in [0.1, 0.15) is 4.88 Å². The molecular weight excluding hydrogens is 372 g/mol. The van der Waals surface area contributed by atoms with E-state index in [0.717, 1.165) is 10.6 Å². The number of carbonyl (C=O) groups is 2. The van der Waals surface area contributed by atoms with E-state index >= 15 is 0 Å². The molecule has 0 N–H and O–H groups in total. The molecule has 1 aliphatic heterocycles. The summed E-state index contributed by atoms with van der Waals surface area (Å²) in [7, 11) is 3.38. The number of likely N-dealkylation sites (N-methyl/N-ethyl adjacent to an activating group) is 1. The van der Waals surface area contributed by atoms with Crippen molar-refractivity contribution < 1.29 is 14.3 Å². The Bertz CT molecular complexity index is 1040. The third-order valence-corrected chi connectivity index (χ3v) is 5.52. The average Bonchev–Trinajstić information content (AvgIpc) is 3.34. The van der Waals surface area contributed by atoms with Gasteiger partial charge in [-0.05, 0) is 47.8 Å². The zero-order valence-corrected chi connectivity index (χ0v) is 16.3. The Morgan fingerprint density at radius 1 is 0.893 bits per heavy atom. The van der Waals surface area contributed by atoms with Crippen LogP contribution in [-0.4, -0.2) is 26.0 Å². The first-order valence-electron chi connectivity index (χ1n) is 8.71. The number of benzene rings is 2. The van der Waals surface area contributed by atoms with Crippen LogP contribution in [0.25, 0.3) is 5.57 Å². The average molecular weight is 390 g/mol. The van der Waals surface area contributed by atoms with Gasteiger partial charge in [0.15, 0.2) is 0 Å². The maximum absolute atomic E-state index is 13.4. The lowest BCUT2D eigenvalue weighted by Gasteiger charge is -2.21.